The largest absolute Gasteiger partial charge is 0.346 e. The lowest BCUT2D eigenvalue weighted by Crippen LogP contribution is -2.30. The summed E-state index contributed by atoms with van der Waals surface area (Å²) in [6.45, 7) is 9.62. The highest BCUT2D eigenvalue weighted by atomic mass is 16.5. The summed E-state index contributed by atoms with van der Waals surface area (Å²) in [5.74, 6) is 1.42. The van der Waals surface area contributed by atoms with E-state index in [9.17, 15) is 4.79 Å². The van der Waals surface area contributed by atoms with E-state index in [1.54, 1.807) is 4.68 Å². The Bertz CT molecular complexity index is 1250. The molecule has 0 spiro atoms. The molecule has 0 amide bonds. The Morgan fingerprint density at radius 1 is 1.00 bits per heavy atom. The molecule has 0 aliphatic heterocycles. The van der Waals surface area contributed by atoms with Crippen molar-refractivity contribution < 1.29 is 4.52 Å². The Balaban J connectivity index is 1.62. The molecule has 0 N–H and O–H groups in total. The smallest absolute Gasteiger partial charge is 0.342 e. The fourth-order valence-corrected chi connectivity index (χ4v) is 3.91. The number of nitrogens with zero attached hydrogens (tertiary/aromatic N) is 5. The number of aryl methyl sites for hydroxylation is 1. The Kier molecular flexibility index (Phi) is 6.58. The standard InChI is InChI=1S/C26H31N5O2/c1-5-6-11-23-28-31(17-26(2,3)4)25(32)30(23)16-19-12-14-20(15-13-19)21-9-7-8-10-22(21)24-27-18-33-29-24/h7-10,12-15,18H,5-6,11,16-17H2,1-4H3. The summed E-state index contributed by atoms with van der Waals surface area (Å²) in [7, 11) is 0. The third-order valence-corrected chi connectivity index (χ3v) is 5.51. The van der Waals surface area contributed by atoms with Crippen LogP contribution in [0, 0.1) is 5.41 Å². The van der Waals surface area contributed by atoms with E-state index in [1.807, 2.05) is 28.8 Å². The zero-order valence-electron chi connectivity index (χ0n) is 19.8. The molecule has 172 valence electrons. The highest BCUT2D eigenvalue weighted by Gasteiger charge is 2.19. The van der Waals surface area contributed by atoms with Gasteiger partial charge in [-0.3, -0.25) is 4.57 Å². The lowest BCUT2D eigenvalue weighted by atomic mass is 9.97. The molecule has 33 heavy (non-hydrogen) atoms. The molecular weight excluding hydrogens is 414 g/mol. The predicted molar refractivity (Wildman–Crippen MR) is 129 cm³/mol. The van der Waals surface area contributed by atoms with Gasteiger partial charge in [0.1, 0.15) is 5.82 Å². The second-order valence-electron chi connectivity index (χ2n) is 9.60. The number of hydrogen-bond acceptors (Lipinski definition) is 5. The van der Waals surface area contributed by atoms with Crippen LogP contribution in [-0.4, -0.2) is 24.5 Å². The average Bonchev–Trinajstić information content (AvgIpc) is 3.42. The van der Waals surface area contributed by atoms with Gasteiger partial charge in [-0.25, -0.2) is 9.48 Å². The molecule has 0 saturated carbocycles. The zero-order valence-corrected chi connectivity index (χ0v) is 19.8. The fourth-order valence-electron chi connectivity index (χ4n) is 3.91. The van der Waals surface area contributed by atoms with Crippen molar-refractivity contribution in [2.24, 2.45) is 5.41 Å². The highest BCUT2D eigenvalue weighted by Crippen LogP contribution is 2.30. The maximum Gasteiger partial charge on any atom is 0.346 e. The van der Waals surface area contributed by atoms with Crippen molar-refractivity contribution in [2.45, 2.75) is 60.0 Å². The monoisotopic (exact) mass is 445 g/mol. The number of unbranched alkanes of at least 4 members (excludes halogenated alkanes) is 1. The van der Waals surface area contributed by atoms with Crippen molar-refractivity contribution in [1.82, 2.24) is 24.5 Å². The molecule has 0 fully saturated rings. The summed E-state index contributed by atoms with van der Waals surface area (Å²) >= 11 is 0. The van der Waals surface area contributed by atoms with E-state index in [1.165, 1.54) is 6.39 Å². The van der Waals surface area contributed by atoms with Gasteiger partial charge in [-0.1, -0.05) is 87.8 Å². The van der Waals surface area contributed by atoms with E-state index in [4.69, 9.17) is 4.52 Å². The first-order chi connectivity index (χ1) is 15.9. The highest BCUT2D eigenvalue weighted by molar-refractivity contribution is 5.80. The molecule has 2 heterocycles. The second-order valence-corrected chi connectivity index (χ2v) is 9.60. The van der Waals surface area contributed by atoms with Crippen LogP contribution in [0.25, 0.3) is 22.5 Å². The average molecular weight is 446 g/mol. The molecule has 4 aromatic rings. The summed E-state index contributed by atoms with van der Waals surface area (Å²) < 4.78 is 8.37. The minimum Gasteiger partial charge on any atom is -0.342 e. The molecular formula is C26H31N5O2. The summed E-state index contributed by atoms with van der Waals surface area (Å²) in [4.78, 5) is 17.3. The van der Waals surface area contributed by atoms with Gasteiger partial charge in [-0.05, 0) is 28.5 Å². The maximum absolute atomic E-state index is 13.1. The van der Waals surface area contributed by atoms with Crippen LogP contribution < -0.4 is 5.69 Å². The van der Waals surface area contributed by atoms with Crippen LogP contribution >= 0.6 is 0 Å². The quantitative estimate of drug-likeness (QED) is 0.372. The van der Waals surface area contributed by atoms with Crippen molar-refractivity contribution in [3.8, 4) is 22.5 Å². The molecule has 7 nitrogen and oxygen atoms in total. The predicted octanol–water partition coefficient (Wildman–Crippen LogP) is 5.20. The molecule has 4 rings (SSSR count). The molecule has 0 bridgehead atoms. The summed E-state index contributed by atoms with van der Waals surface area (Å²) in [6.07, 6.45) is 4.22. The minimum atomic E-state index is -0.0393. The van der Waals surface area contributed by atoms with Crippen LogP contribution in [0.4, 0.5) is 0 Å². The third kappa shape index (κ3) is 5.30. The summed E-state index contributed by atoms with van der Waals surface area (Å²) in [5, 5.41) is 8.66. The van der Waals surface area contributed by atoms with Crippen molar-refractivity contribution in [3.63, 3.8) is 0 Å². The maximum atomic E-state index is 13.1. The molecule has 0 unspecified atom stereocenters. The van der Waals surface area contributed by atoms with Crippen LogP contribution in [0.5, 0.6) is 0 Å². The lowest BCUT2D eigenvalue weighted by molar-refractivity contribution is 0.317. The SMILES string of the molecule is CCCCc1nn(CC(C)(C)C)c(=O)n1Cc1ccc(-c2ccccc2-c2ncon2)cc1. The number of benzene rings is 2. The van der Waals surface area contributed by atoms with E-state index in [-0.39, 0.29) is 11.1 Å². The molecule has 0 aliphatic rings. The molecule has 0 atom stereocenters. The number of aromatic nitrogens is 5. The zero-order chi connectivity index (χ0) is 23.4. The summed E-state index contributed by atoms with van der Waals surface area (Å²) in [5.41, 5.74) is 4.01. The van der Waals surface area contributed by atoms with Crippen LogP contribution in [0.2, 0.25) is 0 Å². The Morgan fingerprint density at radius 3 is 2.36 bits per heavy atom. The van der Waals surface area contributed by atoms with E-state index in [0.717, 1.165) is 47.3 Å². The van der Waals surface area contributed by atoms with Crippen molar-refractivity contribution in [1.29, 1.82) is 0 Å². The topological polar surface area (TPSA) is 78.7 Å². The van der Waals surface area contributed by atoms with Crippen LogP contribution in [0.15, 0.2) is 64.2 Å². The van der Waals surface area contributed by atoms with Crippen molar-refractivity contribution >= 4 is 0 Å². The molecule has 0 aliphatic carbocycles. The first-order valence-electron chi connectivity index (χ1n) is 11.5. The van der Waals surface area contributed by atoms with Gasteiger partial charge in [-0.15, -0.1) is 0 Å². The van der Waals surface area contributed by atoms with Gasteiger partial charge in [0.2, 0.25) is 12.2 Å². The van der Waals surface area contributed by atoms with E-state index >= 15 is 0 Å². The van der Waals surface area contributed by atoms with Gasteiger partial charge in [0.25, 0.3) is 0 Å². The third-order valence-electron chi connectivity index (χ3n) is 5.51. The number of hydrogen-bond donors (Lipinski definition) is 0. The molecule has 7 heteroatoms. The first-order valence-corrected chi connectivity index (χ1v) is 11.5. The normalized spacial score (nSPS) is 11.8. The molecule has 0 radical (unpaired) electrons. The lowest BCUT2D eigenvalue weighted by Gasteiger charge is -2.16. The van der Waals surface area contributed by atoms with Crippen LogP contribution in [-0.2, 0) is 19.5 Å². The van der Waals surface area contributed by atoms with Crippen molar-refractivity contribution in [3.05, 3.63) is 76.8 Å². The van der Waals surface area contributed by atoms with Gasteiger partial charge in [0.05, 0.1) is 13.1 Å². The van der Waals surface area contributed by atoms with E-state index in [2.05, 4.69) is 67.2 Å². The Morgan fingerprint density at radius 2 is 1.73 bits per heavy atom. The first kappa shape index (κ1) is 22.7. The van der Waals surface area contributed by atoms with Gasteiger partial charge in [0.15, 0.2) is 0 Å². The van der Waals surface area contributed by atoms with E-state index < -0.39 is 0 Å². The van der Waals surface area contributed by atoms with Gasteiger partial charge < -0.3 is 4.52 Å². The van der Waals surface area contributed by atoms with Crippen LogP contribution in [0.1, 0.15) is 51.9 Å². The molecule has 2 aromatic carbocycles. The van der Waals surface area contributed by atoms with Crippen LogP contribution in [0.3, 0.4) is 0 Å². The molecule has 0 saturated heterocycles. The Labute approximate surface area is 194 Å². The fraction of sp³-hybridized carbons (Fsp3) is 0.385. The number of rotatable bonds is 8. The Hall–Kier alpha value is -3.48. The second kappa shape index (κ2) is 9.57. The molecule has 2 aromatic heterocycles. The van der Waals surface area contributed by atoms with Gasteiger partial charge >= 0.3 is 5.69 Å². The van der Waals surface area contributed by atoms with E-state index in [0.29, 0.717) is 18.9 Å². The minimum absolute atomic E-state index is 0.0151. The summed E-state index contributed by atoms with van der Waals surface area (Å²) in [6, 6.07) is 16.3. The van der Waals surface area contributed by atoms with Gasteiger partial charge in [-0.2, -0.15) is 10.1 Å². The van der Waals surface area contributed by atoms with Crippen molar-refractivity contribution in [2.75, 3.05) is 0 Å². The van der Waals surface area contributed by atoms with Gasteiger partial charge in [0, 0.05) is 12.0 Å².